The van der Waals surface area contributed by atoms with Crippen LogP contribution in [0, 0.1) is 5.41 Å². The van der Waals surface area contributed by atoms with Gasteiger partial charge in [-0.05, 0) is 30.9 Å². The number of carbonyl (C=O) groups excluding carboxylic acids is 1. The maximum atomic E-state index is 12.6. The molecule has 0 saturated heterocycles. The van der Waals surface area contributed by atoms with Gasteiger partial charge in [-0.3, -0.25) is 4.79 Å². The van der Waals surface area contributed by atoms with Crippen molar-refractivity contribution in [2.45, 2.75) is 39.5 Å². The molecule has 1 aromatic carbocycles. The number of Topliss-reactive ketones (excluding diaryl/α,β-unsaturated/α-hetero) is 1. The van der Waals surface area contributed by atoms with Crippen LogP contribution in [-0.2, 0) is 6.42 Å². The Morgan fingerprint density at radius 2 is 2.00 bits per heavy atom. The van der Waals surface area contributed by atoms with Gasteiger partial charge in [0.25, 0.3) is 0 Å². The largest absolute Gasteiger partial charge is 0.506 e. The van der Waals surface area contributed by atoms with Crippen LogP contribution < -0.4 is 0 Å². The number of carbonyl (C=O) groups is 1. The third-order valence-electron chi connectivity index (χ3n) is 3.91. The fraction of sp³-hybridized carbons (Fsp3) is 0.500. The van der Waals surface area contributed by atoms with Crippen LogP contribution in [0.25, 0.3) is 0 Å². The summed E-state index contributed by atoms with van der Waals surface area (Å²) in [5, 5.41) is 9.97. The van der Waals surface area contributed by atoms with E-state index in [1.54, 1.807) is 6.07 Å². The molecule has 0 fully saturated rings. The molecule has 0 bridgehead atoms. The highest BCUT2D eigenvalue weighted by Gasteiger charge is 2.45. The molecule has 18 heavy (non-hydrogen) atoms. The van der Waals surface area contributed by atoms with Crippen molar-refractivity contribution in [1.29, 1.82) is 0 Å². The molecule has 0 amide bonds. The van der Waals surface area contributed by atoms with E-state index < -0.39 is 0 Å². The maximum absolute atomic E-state index is 12.6. The third kappa shape index (κ3) is 1.83. The Bertz CT molecular complexity index is 511. The van der Waals surface area contributed by atoms with Gasteiger partial charge in [0, 0.05) is 11.0 Å². The summed E-state index contributed by atoms with van der Waals surface area (Å²) in [4.78, 5) is 12.6. The van der Waals surface area contributed by atoms with Gasteiger partial charge in [-0.15, -0.1) is 0 Å². The summed E-state index contributed by atoms with van der Waals surface area (Å²) in [6.07, 6.45) is 3.22. The summed E-state index contributed by atoms with van der Waals surface area (Å²) in [7, 11) is 0. The second kappa shape index (κ2) is 4.75. The molecule has 0 radical (unpaired) electrons. The van der Waals surface area contributed by atoms with Crippen LogP contribution in [0.3, 0.4) is 0 Å². The Labute approximate surface area is 117 Å². The quantitative estimate of drug-likeness (QED) is 0.879. The monoisotopic (exact) mass is 286 g/mol. The smallest absolute Gasteiger partial charge is 0.171 e. The van der Waals surface area contributed by atoms with Crippen LogP contribution in [0.5, 0.6) is 5.75 Å². The number of rotatable bonds is 3. The number of aromatic hydroxyl groups is 1. The number of fused-ring (bicyclic) bond motifs is 1. The third-order valence-corrected chi connectivity index (χ3v) is 4.77. The van der Waals surface area contributed by atoms with Crippen LogP contribution in [0.1, 0.15) is 49.0 Å². The molecule has 0 spiro atoms. The average Bonchev–Trinajstić information content (AvgIpc) is 2.61. The molecular formula is C14H16Cl2O2. The number of phenols is 1. The van der Waals surface area contributed by atoms with E-state index in [0.29, 0.717) is 12.0 Å². The topological polar surface area (TPSA) is 37.3 Å². The summed E-state index contributed by atoms with van der Waals surface area (Å²) < 4.78 is 0. The molecule has 1 N–H and O–H groups in total. The van der Waals surface area contributed by atoms with E-state index in [-0.39, 0.29) is 27.0 Å². The van der Waals surface area contributed by atoms with E-state index in [1.165, 1.54) is 0 Å². The Morgan fingerprint density at radius 1 is 1.33 bits per heavy atom. The van der Waals surface area contributed by atoms with Gasteiger partial charge >= 0.3 is 0 Å². The predicted octanol–water partition coefficient (Wildman–Crippen LogP) is 4.63. The molecule has 1 atom stereocenters. The Balaban J connectivity index is 2.57. The summed E-state index contributed by atoms with van der Waals surface area (Å²) in [6, 6.07) is 1.58. The first-order chi connectivity index (χ1) is 8.46. The minimum atomic E-state index is -0.363. The van der Waals surface area contributed by atoms with Crippen LogP contribution in [0.2, 0.25) is 10.0 Å². The van der Waals surface area contributed by atoms with Gasteiger partial charge in [0.15, 0.2) is 5.78 Å². The second-order valence-corrected chi connectivity index (χ2v) is 5.70. The molecule has 0 unspecified atom stereocenters. The number of phenolic OH excluding ortho intramolecular Hbond substituents is 1. The van der Waals surface area contributed by atoms with Crippen molar-refractivity contribution >= 4 is 29.0 Å². The average molecular weight is 287 g/mol. The molecule has 98 valence electrons. The van der Waals surface area contributed by atoms with Crippen LogP contribution in [0.15, 0.2) is 6.07 Å². The molecule has 1 aromatic rings. The van der Waals surface area contributed by atoms with Gasteiger partial charge in [-0.2, -0.15) is 0 Å². The minimum Gasteiger partial charge on any atom is -0.506 e. The zero-order valence-corrected chi connectivity index (χ0v) is 12.0. The van der Waals surface area contributed by atoms with Crippen molar-refractivity contribution < 1.29 is 9.90 Å². The molecule has 1 aliphatic carbocycles. The van der Waals surface area contributed by atoms with Gasteiger partial charge in [0.05, 0.1) is 5.02 Å². The van der Waals surface area contributed by atoms with E-state index in [1.807, 2.05) is 6.92 Å². The van der Waals surface area contributed by atoms with Crippen LogP contribution >= 0.6 is 23.2 Å². The first kappa shape index (κ1) is 13.7. The van der Waals surface area contributed by atoms with Gasteiger partial charge in [0.2, 0.25) is 0 Å². The number of hydrogen-bond acceptors (Lipinski definition) is 2. The van der Waals surface area contributed by atoms with E-state index in [4.69, 9.17) is 23.2 Å². The molecular weight excluding hydrogens is 271 g/mol. The minimum absolute atomic E-state index is 0.0448. The number of ketones is 1. The molecule has 2 nitrogen and oxygen atoms in total. The van der Waals surface area contributed by atoms with Gasteiger partial charge in [-0.1, -0.05) is 43.5 Å². The lowest BCUT2D eigenvalue weighted by Crippen LogP contribution is -2.27. The first-order valence-electron chi connectivity index (χ1n) is 6.21. The molecule has 0 heterocycles. The Morgan fingerprint density at radius 3 is 2.56 bits per heavy atom. The van der Waals surface area contributed by atoms with E-state index in [0.717, 1.165) is 24.8 Å². The molecule has 0 aromatic heterocycles. The molecule has 4 heteroatoms. The molecule has 2 rings (SSSR count). The zero-order chi connectivity index (χ0) is 13.5. The summed E-state index contributed by atoms with van der Waals surface area (Å²) in [5.74, 6) is 0.0327. The Hall–Kier alpha value is -0.730. The highest BCUT2D eigenvalue weighted by atomic mass is 35.5. The van der Waals surface area contributed by atoms with Crippen molar-refractivity contribution in [3.05, 3.63) is 27.2 Å². The Kier molecular flexibility index (Phi) is 3.61. The number of hydrogen-bond donors (Lipinski definition) is 1. The number of halogens is 2. The number of benzene rings is 1. The van der Waals surface area contributed by atoms with Crippen molar-refractivity contribution in [2.24, 2.45) is 5.41 Å². The summed E-state index contributed by atoms with van der Waals surface area (Å²) >= 11 is 12.0. The summed E-state index contributed by atoms with van der Waals surface area (Å²) in [5.41, 5.74) is 0.967. The van der Waals surface area contributed by atoms with Crippen molar-refractivity contribution in [2.75, 3.05) is 0 Å². The van der Waals surface area contributed by atoms with Crippen LogP contribution in [-0.4, -0.2) is 10.9 Å². The predicted molar refractivity (Wildman–Crippen MR) is 73.8 cm³/mol. The fourth-order valence-electron chi connectivity index (χ4n) is 2.90. The molecule has 0 aliphatic heterocycles. The zero-order valence-electron chi connectivity index (χ0n) is 10.5. The molecule has 0 saturated carbocycles. The van der Waals surface area contributed by atoms with E-state index in [2.05, 4.69) is 6.92 Å². The lowest BCUT2D eigenvalue weighted by molar-refractivity contribution is 0.0795. The van der Waals surface area contributed by atoms with E-state index in [9.17, 15) is 9.90 Å². The SMILES string of the molecule is CCC[C@@]1(CC)Cc2cc(O)c(Cl)c(Cl)c2C1=O. The normalized spacial score (nSPS) is 22.3. The van der Waals surface area contributed by atoms with Crippen molar-refractivity contribution in [3.63, 3.8) is 0 Å². The maximum Gasteiger partial charge on any atom is 0.171 e. The lowest BCUT2D eigenvalue weighted by atomic mass is 9.77. The second-order valence-electron chi connectivity index (χ2n) is 4.95. The van der Waals surface area contributed by atoms with Gasteiger partial charge in [0.1, 0.15) is 10.8 Å². The highest BCUT2D eigenvalue weighted by Crippen LogP contribution is 2.48. The van der Waals surface area contributed by atoms with Gasteiger partial charge in [-0.25, -0.2) is 0 Å². The molecule has 1 aliphatic rings. The van der Waals surface area contributed by atoms with Gasteiger partial charge < -0.3 is 5.11 Å². The van der Waals surface area contributed by atoms with Crippen molar-refractivity contribution in [1.82, 2.24) is 0 Å². The van der Waals surface area contributed by atoms with Crippen LogP contribution in [0.4, 0.5) is 0 Å². The van der Waals surface area contributed by atoms with Crippen molar-refractivity contribution in [3.8, 4) is 5.75 Å². The first-order valence-corrected chi connectivity index (χ1v) is 6.97. The van der Waals surface area contributed by atoms with E-state index >= 15 is 0 Å². The summed E-state index contributed by atoms with van der Waals surface area (Å²) in [6.45, 7) is 4.09. The lowest BCUT2D eigenvalue weighted by Gasteiger charge is -2.24. The fourth-order valence-corrected chi connectivity index (χ4v) is 3.35. The standard InChI is InChI=1S/C14H16Cl2O2/c1-3-5-14(4-2)7-8-6-9(17)11(15)12(16)10(8)13(14)18/h6,17H,3-5,7H2,1-2H3/t14-/m0/s1. The highest BCUT2D eigenvalue weighted by molar-refractivity contribution is 6.45.